The van der Waals surface area contributed by atoms with Crippen molar-refractivity contribution < 1.29 is 70.4 Å². The molecule has 0 aliphatic carbocycles. The molecule has 0 atom stereocenters. The van der Waals surface area contributed by atoms with Crippen LogP contribution in [-0.4, -0.2) is 0 Å². The molecule has 0 radical (unpaired) electrons. The normalized spacial score (nSPS) is 0. The molecule has 4 heavy (non-hydrogen) atoms. The summed E-state index contributed by atoms with van der Waals surface area (Å²) >= 11 is 0. The summed E-state index contributed by atoms with van der Waals surface area (Å²) in [5.74, 6) is 0. The Morgan fingerprint density at radius 1 is 0.500 bits per heavy atom. The first-order chi connectivity index (χ1) is 0. The van der Waals surface area contributed by atoms with Gasteiger partial charge in [-0.15, -0.1) is 0 Å². The van der Waals surface area contributed by atoms with Crippen LogP contribution in [0.25, 0.3) is 0 Å². The van der Waals surface area contributed by atoms with Crippen LogP contribution in [0.1, 0.15) is 0 Å². The van der Waals surface area contributed by atoms with Gasteiger partial charge >= 0.3 is 0 Å². The molecule has 0 heterocycles. The second kappa shape index (κ2) is 19.6. The molecule has 0 saturated carbocycles. The van der Waals surface area contributed by atoms with Crippen LogP contribution >= 0.6 is 0 Å². The molecule has 0 aliphatic rings. The Morgan fingerprint density at radius 2 is 0.500 bits per heavy atom. The molecule has 0 aliphatic heterocycles. The van der Waals surface area contributed by atoms with E-state index >= 15 is 0 Å². The monoisotopic (exact) mass is 301 g/mol. The van der Waals surface area contributed by atoms with E-state index in [2.05, 4.69) is 0 Å². The summed E-state index contributed by atoms with van der Waals surface area (Å²) in [4.78, 5) is 0. The molecular formula is Br3Zn-3. The fourth-order valence-electron chi connectivity index (χ4n) is 0. The third kappa shape index (κ3) is 8.96. The Morgan fingerprint density at radius 3 is 0.500 bits per heavy atom. The number of halogens is 3. The van der Waals surface area contributed by atoms with E-state index in [9.17, 15) is 0 Å². The van der Waals surface area contributed by atoms with E-state index in [1.807, 2.05) is 0 Å². The largest absolute Gasteiger partial charge is 1.00 e. The van der Waals surface area contributed by atoms with Crippen LogP contribution in [0.2, 0.25) is 0 Å². The predicted molar refractivity (Wildman–Crippen MR) is 0 cm³/mol. The summed E-state index contributed by atoms with van der Waals surface area (Å²) < 4.78 is 0. The van der Waals surface area contributed by atoms with Crippen molar-refractivity contribution in [2.75, 3.05) is 0 Å². The van der Waals surface area contributed by atoms with E-state index in [1.54, 1.807) is 0 Å². The molecule has 0 saturated heterocycles. The van der Waals surface area contributed by atoms with Crippen molar-refractivity contribution in [2.45, 2.75) is 0 Å². The zero-order valence-corrected chi connectivity index (χ0v) is 9.57. The molecule has 0 bridgehead atoms. The SMILES string of the molecule is [Br-].[Br-].[Br-].[Zn]. The molecule has 0 fully saturated rings. The van der Waals surface area contributed by atoms with E-state index in [-0.39, 0.29) is 70.4 Å². The van der Waals surface area contributed by atoms with Gasteiger partial charge in [0.25, 0.3) is 0 Å². The fourth-order valence-corrected chi connectivity index (χ4v) is 0. The van der Waals surface area contributed by atoms with Gasteiger partial charge < -0.3 is 50.9 Å². The average Bonchev–Trinajstić information content (AvgIpc) is 0. The molecule has 0 amide bonds. The Kier molecular flexibility index (Phi) is 179. The second-order valence-corrected chi connectivity index (χ2v) is 0. The predicted octanol–water partition coefficient (Wildman–Crippen LogP) is -8.99. The van der Waals surface area contributed by atoms with Crippen molar-refractivity contribution >= 4 is 0 Å². The molecule has 4 heteroatoms. The van der Waals surface area contributed by atoms with E-state index in [0.717, 1.165) is 0 Å². The average molecular weight is 305 g/mol. The first-order valence-corrected chi connectivity index (χ1v) is 0. The molecule has 0 rings (SSSR count). The first-order valence-electron chi connectivity index (χ1n) is 0. The quantitative estimate of drug-likeness (QED) is 0.390. The van der Waals surface area contributed by atoms with Crippen molar-refractivity contribution in [3.63, 3.8) is 0 Å². The van der Waals surface area contributed by atoms with Crippen LogP contribution in [0, 0.1) is 0 Å². The maximum atomic E-state index is 0. The molecule has 26 valence electrons. The molecule has 0 unspecified atom stereocenters. The van der Waals surface area contributed by atoms with Gasteiger partial charge in [0.1, 0.15) is 0 Å². The third-order valence-corrected chi connectivity index (χ3v) is 0. The summed E-state index contributed by atoms with van der Waals surface area (Å²) in [6.07, 6.45) is 0. The summed E-state index contributed by atoms with van der Waals surface area (Å²) in [5, 5.41) is 0. The Labute approximate surface area is 69.8 Å². The van der Waals surface area contributed by atoms with Crippen LogP contribution in [0.4, 0.5) is 0 Å². The third-order valence-electron chi connectivity index (χ3n) is 0. The van der Waals surface area contributed by atoms with Crippen LogP contribution in [0.5, 0.6) is 0 Å². The van der Waals surface area contributed by atoms with Crippen LogP contribution in [0.15, 0.2) is 0 Å². The van der Waals surface area contributed by atoms with Gasteiger partial charge in [-0.3, -0.25) is 0 Å². The van der Waals surface area contributed by atoms with Gasteiger partial charge in [0.2, 0.25) is 0 Å². The number of rotatable bonds is 0. The van der Waals surface area contributed by atoms with Crippen molar-refractivity contribution in [2.24, 2.45) is 0 Å². The zero-order valence-electron chi connectivity index (χ0n) is 1.84. The minimum absolute atomic E-state index is 0. The van der Waals surface area contributed by atoms with Crippen LogP contribution < -0.4 is 50.9 Å². The Hall–Kier alpha value is 2.06. The molecular weight excluding hydrogens is 305 g/mol. The van der Waals surface area contributed by atoms with E-state index in [1.165, 1.54) is 0 Å². The van der Waals surface area contributed by atoms with Gasteiger partial charge in [-0.1, -0.05) is 0 Å². The molecule has 0 nitrogen and oxygen atoms in total. The maximum Gasteiger partial charge on any atom is 0 e. The fraction of sp³-hybridized carbons (Fsp3) is 0. The standard InChI is InChI=1S/3BrH.Zn/h3*1H;/p-3. The molecule has 0 spiro atoms. The van der Waals surface area contributed by atoms with Crippen molar-refractivity contribution in [1.29, 1.82) is 0 Å². The van der Waals surface area contributed by atoms with E-state index in [0.29, 0.717) is 0 Å². The Bertz CT molecular complexity index is 3.25. The maximum absolute atomic E-state index is 0. The summed E-state index contributed by atoms with van der Waals surface area (Å²) in [6, 6.07) is 0. The van der Waals surface area contributed by atoms with Gasteiger partial charge in [0, 0.05) is 19.5 Å². The van der Waals surface area contributed by atoms with E-state index in [4.69, 9.17) is 0 Å². The molecule has 0 aromatic heterocycles. The molecule has 0 N–H and O–H groups in total. The molecule has 0 aromatic rings. The minimum atomic E-state index is 0. The number of hydrogen-bond donors (Lipinski definition) is 0. The summed E-state index contributed by atoms with van der Waals surface area (Å²) in [7, 11) is 0. The minimum Gasteiger partial charge on any atom is -1.00 e. The van der Waals surface area contributed by atoms with Gasteiger partial charge in [-0.05, 0) is 0 Å². The van der Waals surface area contributed by atoms with Crippen molar-refractivity contribution in [3.8, 4) is 0 Å². The van der Waals surface area contributed by atoms with Crippen molar-refractivity contribution in [3.05, 3.63) is 0 Å². The Balaban J connectivity index is 0. The second-order valence-electron chi connectivity index (χ2n) is 0. The van der Waals surface area contributed by atoms with Gasteiger partial charge in [0.15, 0.2) is 0 Å². The zero-order chi connectivity index (χ0) is 0. The van der Waals surface area contributed by atoms with Gasteiger partial charge in [-0.2, -0.15) is 0 Å². The number of hydrogen-bond acceptors (Lipinski definition) is 0. The summed E-state index contributed by atoms with van der Waals surface area (Å²) in [5.41, 5.74) is 0. The van der Waals surface area contributed by atoms with Gasteiger partial charge in [-0.25, -0.2) is 0 Å². The smallest absolute Gasteiger partial charge is 0 e. The summed E-state index contributed by atoms with van der Waals surface area (Å²) in [6.45, 7) is 0. The molecule has 0 aromatic carbocycles. The van der Waals surface area contributed by atoms with Crippen LogP contribution in [-0.2, 0) is 19.5 Å². The van der Waals surface area contributed by atoms with Crippen molar-refractivity contribution in [1.82, 2.24) is 0 Å². The topological polar surface area (TPSA) is 0 Å². The van der Waals surface area contributed by atoms with Gasteiger partial charge in [0.05, 0.1) is 0 Å². The first kappa shape index (κ1) is 36.5. The van der Waals surface area contributed by atoms with E-state index < -0.39 is 0 Å². The van der Waals surface area contributed by atoms with Crippen LogP contribution in [0.3, 0.4) is 0 Å².